The molecule has 0 bridgehead atoms. The molecule has 4 rings (SSSR count). The largest absolute Gasteiger partial charge is 0.336 e. The summed E-state index contributed by atoms with van der Waals surface area (Å²) in [6.45, 7) is 2.79. The highest BCUT2D eigenvalue weighted by molar-refractivity contribution is 5.79. The first-order valence-corrected chi connectivity index (χ1v) is 8.14. The van der Waals surface area contributed by atoms with Gasteiger partial charge in [0.05, 0.1) is 18.8 Å². The minimum absolute atomic E-state index is 0.118. The highest BCUT2D eigenvalue weighted by Crippen LogP contribution is 2.23. The van der Waals surface area contributed by atoms with Gasteiger partial charge in [-0.2, -0.15) is 5.10 Å². The number of hydrogen-bond donors (Lipinski definition) is 0. The summed E-state index contributed by atoms with van der Waals surface area (Å²) >= 11 is 0. The Morgan fingerprint density at radius 3 is 2.91 bits per heavy atom. The lowest BCUT2D eigenvalue weighted by Gasteiger charge is -2.23. The normalized spacial score (nSPS) is 18.2. The van der Waals surface area contributed by atoms with Crippen LogP contribution in [0.2, 0.25) is 0 Å². The second-order valence-electron chi connectivity index (χ2n) is 6.16. The lowest BCUT2D eigenvalue weighted by molar-refractivity contribution is -0.135. The number of rotatable bonds is 3. The van der Waals surface area contributed by atoms with Gasteiger partial charge in [-0.1, -0.05) is 17.4 Å². The number of hydrogen-bond acceptors (Lipinski definition) is 4. The van der Waals surface area contributed by atoms with Crippen LogP contribution in [0.5, 0.6) is 0 Å². The molecule has 2 aromatic heterocycles. The molecule has 0 saturated heterocycles. The lowest BCUT2D eigenvalue weighted by atomic mass is 10.1. The fraction of sp³-hybridized carbons (Fsp3) is 0.500. The molecule has 23 heavy (non-hydrogen) atoms. The van der Waals surface area contributed by atoms with Gasteiger partial charge in [0.2, 0.25) is 5.91 Å². The SMILES string of the molecule is O=C(C1CC=CC1)N1CCCn2nnc(Cn3cccn3)c2C1. The van der Waals surface area contributed by atoms with Gasteiger partial charge in [0.15, 0.2) is 0 Å². The van der Waals surface area contributed by atoms with E-state index in [0.29, 0.717) is 13.1 Å². The van der Waals surface area contributed by atoms with E-state index in [9.17, 15) is 4.79 Å². The van der Waals surface area contributed by atoms with Crippen LogP contribution >= 0.6 is 0 Å². The van der Waals surface area contributed by atoms with Crippen molar-refractivity contribution in [1.29, 1.82) is 0 Å². The molecule has 0 spiro atoms. The maximum absolute atomic E-state index is 12.7. The Morgan fingerprint density at radius 1 is 1.26 bits per heavy atom. The van der Waals surface area contributed by atoms with Gasteiger partial charge in [-0.3, -0.25) is 9.48 Å². The second kappa shape index (κ2) is 5.98. The maximum atomic E-state index is 12.7. The third kappa shape index (κ3) is 2.78. The number of carbonyl (C=O) groups is 1. The van der Waals surface area contributed by atoms with E-state index < -0.39 is 0 Å². The van der Waals surface area contributed by atoms with Crippen molar-refractivity contribution < 1.29 is 4.79 Å². The molecule has 0 fully saturated rings. The van der Waals surface area contributed by atoms with E-state index in [0.717, 1.165) is 43.7 Å². The van der Waals surface area contributed by atoms with E-state index in [4.69, 9.17) is 0 Å². The summed E-state index contributed by atoms with van der Waals surface area (Å²) in [4.78, 5) is 14.7. The van der Waals surface area contributed by atoms with Crippen molar-refractivity contribution in [2.45, 2.75) is 38.9 Å². The van der Waals surface area contributed by atoms with Crippen LogP contribution in [0.4, 0.5) is 0 Å². The number of aryl methyl sites for hydroxylation is 1. The van der Waals surface area contributed by atoms with Crippen molar-refractivity contribution in [1.82, 2.24) is 29.7 Å². The molecule has 1 amide bonds. The first-order chi connectivity index (χ1) is 11.3. The van der Waals surface area contributed by atoms with Gasteiger partial charge in [0, 0.05) is 31.4 Å². The Balaban J connectivity index is 1.55. The van der Waals surface area contributed by atoms with Gasteiger partial charge in [-0.05, 0) is 25.3 Å². The minimum Gasteiger partial charge on any atom is -0.336 e. The van der Waals surface area contributed by atoms with Crippen molar-refractivity contribution in [2.75, 3.05) is 6.54 Å². The van der Waals surface area contributed by atoms with Crippen LogP contribution in [0.3, 0.4) is 0 Å². The van der Waals surface area contributed by atoms with E-state index in [1.54, 1.807) is 6.20 Å². The summed E-state index contributed by atoms with van der Waals surface area (Å²) in [6.07, 6.45) is 10.5. The van der Waals surface area contributed by atoms with Crippen LogP contribution in [0, 0.1) is 5.92 Å². The zero-order chi connectivity index (χ0) is 15.6. The molecule has 7 heteroatoms. The molecular formula is C16H20N6O. The topological polar surface area (TPSA) is 68.8 Å². The van der Waals surface area contributed by atoms with Gasteiger partial charge >= 0.3 is 0 Å². The standard InChI is InChI=1S/C16H20N6O/c23-16(13-5-1-2-6-13)20-8-4-10-22-15(12-20)14(18-19-22)11-21-9-3-7-17-21/h1-3,7,9,13H,4-6,8,10-12H2. The number of allylic oxidation sites excluding steroid dienone is 2. The highest BCUT2D eigenvalue weighted by Gasteiger charge is 2.28. The summed E-state index contributed by atoms with van der Waals surface area (Å²) in [6, 6.07) is 1.89. The van der Waals surface area contributed by atoms with Crippen LogP contribution in [0.15, 0.2) is 30.6 Å². The van der Waals surface area contributed by atoms with E-state index >= 15 is 0 Å². The van der Waals surface area contributed by atoms with Crippen molar-refractivity contribution in [2.24, 2.45) is 5.92 Å². The smallest absolute Gasteiger partial charge is 0.226 e. The van der Waals surface area contributed by atoms with Crippen LogP contribution in [0.1, 0.15) is 30.7 Å². The zero-order valence-corrected chi connectivity index (χ0v) is 13.0. The summed E-state index contributed by atoms with van der Waals surface area (Å²) < 4.78 is 3.78. The summed E-state index contributed by atoms with van der Waals surface area (Å²) in [5, 5.41) is 12.8. The molecule has 0 aromatic carbocycles. The number of carbonyl (C=O) groups excluding carboxylic acids is 1. The predicted molar refractivity (Wildman–Crippen MR) is 83.2 cm³/mol. The quantitative estimate of drug-likeness (QED) is 0.799. The predicted octanol–water partition coefficient (Wildman–Crippen LogP) is 1.22. The van der Waals surface area contributed by atoms with E-state index in [1.807, 2.05) is 26.5 Å². The number of nitrogens with zero attached hydrogens (tertiary/aromatic N) is 6. The summed E-state index contributed by atoms with van der Waals surface area (Å²) in [7, 11) is 0. The van der Waals surface area contributed by atoms with Gasteiger partial charge in [0.1, 0.15) is 5.69 Å². The molecule has 3 heterocycles. The Morgan fingerprint density at radius 2 is 2.13 bits per heavy atom. The zero-order valence-electron chi connectivity index (χ0n) is 13.0. The monoisotopic (exact) mass is 312 g/mol. The average Bonchev–Trinajstić information content (AvgIpc) is 3.29. The van der Waals surface area contributed by atoms with Gasteiger partial charge in [0.25, 0.3) is 0 Å². The molecule has 0 saturated carbocycles. The highest BCUT2D eigenvalue weighted by atomic mass is 16.2. The van der Waals surface area contributed by atoms with E-state index in [-0.39, 0.29) is 11.8 Å². The summed E-state index contributed by atoms with van der Waals surface area (Å²) in [5.41, 5.74) is 1.94. The van der Waals surface area contributed by atoms with E-state index in [2.05, 4.69) is 27.6 Å². The lowest BCUT2D eigenvalue weighted by Crippen LogP contribution is -2.35. The molecule has 0 N–H and O–H groups in total. The van der Waals surface area contributed by atoms with Crippen molar-refractivity contribution >= 4 is 5.91 Å². The molecule has 1 aliphatic carbocycles. The molecule has 2 aromatic rings. The molecule has 0 atom stereocenters. The third-order valence-electron chi connectivity index (χ3n) is 4.60. The number of amides is 1. The Labute approximate surface area is 134 Å². The Hall–Kier alpha value is -2.44. The van der Waals surface area contributed by atoms with Gasteiger partial charge < -0.3 is 4.90 Å². The summed E-state index contributed by atoms with van der Waals surface area (Å²) in [5.74, 6) is 0.377. The van der Waals surface area contributed by atoms with Gasteiger partial charge in [-0.25, -0.2) is 4.68 Å². The Kier molecular flexibility index (Phi) is 3.69. The van der Waals surface area contributed by atoms with Crippen LogP contribution in [-0.2, 0) is 24.4 Å². The van der Waals surface area contributed by atoms with E-state index in [1.165, 1.54) is 0 Å². The molecule has 1 aliphatic heterocycles. The molecule has 7 nitrogen and oxygen atoms in total. The molecule has 120 valence electrons. The van der Waals surface area contributed by atoms with Crippen LogP contribution in [0.25, 0.3) is 0 Å². The van der Waals surface area contributed by atoms with Crippen molar-refractivity contribution in [3.8, 4) is 0 Å². The average molecular weight is 312 g/mol. The van der Waals surface area contributed by atoms with Gasteiger partial charge in [-0.15, -0.1) is 5.10 Å². The fourth-order valence-electron chi connectivity index (χ4n) is 3.33. The molecule has 0 unspecified atom stereocenters. The first kappa shape index (κ1) is 14.2. The van der Waals surface area contributed by atoms with Crippen LogP contribution < -0.4 is 0 Å². The molecular weight excluding hydrogens is 292 g/mol. The number of aromatic nitrogens is 5. The third-order valence-corrected chi connectivity index (χ3v) is 4.60. The second-order valence-corrected chi connectivity index (χ2v) is 6.16. The fourth-order valence-corrected chi connectivity index (χ4v) is 3.33. The first-order valence-electron chi connectivity index (χ1n) is 8.14. The molecule has 0 radical (unpaired) electrons. The maximum Gasteiger partial charge on any atom is 0.226 e. The molecule has 2 aliphatic rings. The number of fused-ring (bicyclic) bond motifs is 1. The van der Waals surface area contributed by atoms with Crippen molar-refractivity contribution in [3.63, 3.8) is 0 Å². The Bertz CT molecular complexity index is 709. The minimum atomic E-state index is 0.118. The van der Waals surface area contributed by atoms with Crippen LogP contribution in [-0.4, -0.2) is 42.1 Å². The van der Waals surface area contributed by atoms with Crippen molar-refractivity contribution in [3.05, 3.63) is 42.0 Å².